The number of benzene rings is 1. The molecule has 1 spiro atoms. The molecule has 1 heterocycles. The van der Waals surface area contributed by atoms with Crippen LogP contribution in [0.25, 0.3) is 0 Å². The molecule has 3 heteroatoms. The highest BCUT2D eigenvalue weighted by Crippen LogP contribution is 2.50. The second kappa shape index (κ2) is 4.96. The maximum absolute atomic E-state index is 6.48. The van der Waals surface area contributed by atoms with Crippen molar-refractivity contribution in [1.82, 2.24) is 0 Å². The molecule has 3 rings (SSSR count). The molecule has 4 unspecified atom stereocenters. The molecule has 20 heavy (non-hydrogen) atoms. The molecular formula is C17H25NO2. The zero-order chi connectivity index (χ0) is 14.3. The summed E-state index contributed by atoms with van der Waals surface area (Å²) in [6.07, 6.45) is 4.58. The largest absolute Gasteiger partial charge is 0.497 e. The molecule has 1 aromatic rings. The maximum Gasteiger partial charge on any atom is 0.125 e. The van der Waals surface area contributed by atoms with Crippen LogP contribution in [0, 0.1) is 11.8 Å². The Kier molecular flexibility index (Phi) is 3.41. The SMILES string of the molecule is COc1ccc2c(c1)C(N)CC1(CCCC(C)C1C)O2. The van der Waals surface area contributed by atoms with Crippen molar-refractivity contribution in [2.75, 3.05) is 7.11 Å². The molecule has 1 aromatic carbocycles. The van der Waals surface area contributed by atoms with Crippen LogP contribution in [-0.2, 0) is 0 Å². The minimum atomic E-state index is -0.0708. The third kappa shape index (κ3) is 2.08. The first kappa shape index (κ1) is 13.7. The standard InChI is InChI=1S/C17H25NO2/c1-11-5-4-8-17(12(11)2)10-15(18)14-9-13(19-3)6-7-16(14)20-17/h6-7,9,11-12,15H,4-5,8,10,18H2,1-3H3. The van der Waals surface area contributed by atoms with E-state index in [2.05, 4.69) is 13.8 Å². The van der Waals surface area contributed by atoms with Crippen molar-refractivity contribution >= 4 is 0 Å². The van der Waals surface area contributed by atoms with Crippen molar-refractivity contribution in [2.45, 2.75) is 51.2 Å². The summed E-state index contributed by atoms with van der Waals surface area (Å²) in [6, 6.07) is 6.04. The second-order valence-corrected chi connectivity index (χ2v) is 6.54. The fourth-order valence-corrected chi connectivity index (χ4v) is 3.93. The molecule has 1 aliphatic carbocycles. The second-order valence-electron chi connectivity index (χ2n) is 6.54. The fourth-order valence-electron chi connectivity index (χ4n) is 3.93. The number of ether oxygens (including phenoxy) is 2. The van der Waals surface area contributed by atoms with Crippen LogP contribution >= 0.6 is 0 Å². The molecule has 1 fully saturated rings. The van der Waals surface area contributed by atoms with E-state index in [-0.39, 0.29) is 11.6 Å². The van der Waals surface area contributed by atoms with Crippen LogP contribution in [0.4, 0.5) is 0 Å². The number of rotatable bonds is 1. The number of methoxy groups -OCH3 is 1. The van der Waals surface area contributed by atoms with Crippen LogP contribution < -0.4 is 15.2 Å². The van der Waals surface area contributed by atoms with Gasteiger partial charge in [0.2, 0.25) is 0 Å². The van der Waals surface area contributed by atoms with E-state index in [1.54, 1.807) is 7.11 Å². The van der Waals surface area contributed by atoms with E-state index in [1.165, 1.54) is 12.8 Å². The lowest BCUT2D eigenvalue weighted by Gasteiger charge is -2.49. The Morgan fingerprint density at radius 1 is 1.35 bits per heavy atom. The first-order valence-electron chi connectivity index (χ1n) is 7.68. The van der Waals surface area contributed by atoms with Crippen molar-refractivity contribution in [3.63, 3.8) is 0 Å². The zero-order valence-electron chi connectivity index (χ0n) is 12.7. The average molecular weight is 275 g/mol. The van der Waals surface area contributed by atoms with Gasteiger partial charge in [0.05, 0.1) is 7.11 Å². The first-order chi connectivity index (χ1) is 9.55. The van der Waals surface area contributed by atoms with Crippen LogP contribution in [0.1, 0.15) is 51.1 Å². The molecule has 4 atom stereocenters. The molecule has 110 valence electrons. The monoisotopic (exact) mass is 275 g/mol. The molecule has 2 aliphatic rings. The van der Waals surface area contributed by atoms with Crippen molar-refractivity contribution < 1.29 is 9.47 Å². The average Bonchev–Trinajstić information content (AvgIpc) is 2.44. The minimum Gasteiger partial charge on any atom is -0.497 e. The van der Waals surface area contributed by atoms with Crippen molar-refractivity contribution in [3.05, 3.63) is 23.8 Å². The summed E-state index contributed by atoms with van der Waals surface area (Å²) in [5.41, 5.74) is 7.46. The Morgan fingerprint density at radius 2 is 2.15 bits per heavy atom. The highest BCUT2D eigenvalue weighted by Gasteiger charge is 2.47. The number of fused-ring (bicyclic) bond motifs is 1. The van der Waals surface area contributed by atoms with Crippen molar-refractivity contribution in [2.24, 2.45) is 17.6 Å². The van der Waals surface area contributed by atoms with Gasteiger partial charge in [-0.2, -0.15) is 0 Å². The third-order valence-electron chi connectivity index (χ3n) is 5.44. The van der Waals surface area contributed by atoms with Gasteiger partial charge in [-0.15, -0.1) is 0 Å². The fraction of sp³-hybridized carbons (Fsp3) is 0.647. The molecule has 0 bridgehead atoms. The zero-order valence-corrected chi connectivity index (χ0v) is 12.7. The highest BCUT2D eigenvalue weighted by atomic mass is 16.5. The van der Waals surface area contributed by atoms with Gasteiger partial charge in [0.25, 0.3) is 0 Å². The Labute approximate surface area is 121 Å². The summed E-state index contributed by atoms with van der Waals surface area (Å²) >= 11 is 0. The van der Waals surface area contributed by atoms with Crippen LogP contribution in [-0.4, -0.2) is 12.7 Å². The summed E-state index contributed by atoms with van der Waals surface area (Å²) in [5.74, 6) is 3.06. The van der Waals surface area contributed by atoms with Crippen molar-refractivity contribution in [3.8, 4) is 11.5 Å². The predicted molar refractivity (Wildman–Crippen MR) is 80.1 cm³/mol. The maximum atomic E-state index is 6.48. The van der Waals surface area contributed by atoms with Crippen LogP contribution in [0.2, 0.25) is 0 Å². The molecule has 3 nitrogen and oxygen atoms in total. The smallest absolute Gasteiger partial charge is 0.125 e. The van der Waals surface area contributed by atoms with Gasteiger partial charge in [0, 0.05) is 18.0 Å². The topological polar surface area (TPSA) is 44.5 Å². The van der Waals surface area contributed by atoms with Gasteiger partial charge in [0.15, 0.2) is 0 Å². The van der Waals surface area contributed by atoms with Gasteiger partial charge < -0.3 is 15.2 Å². The highest BCUT2D eigenvalue weighted by molar-refractivity contribution is 5.44. The van der Waals surface area contributed by atoms with E-state index >= 15 is 0 Å². The number of nitrogens with two attached hydrogens (primary N) is 1. The molecule has 0 saturated heterocycles. The van der Waals surface area contributed by atoms with Gasteiger partial charge in [0.1, 0.15) is 17.1 Å². The van der Waals surface area contributed by atoms with E-state index in [4.69, 9.17) is 15.2 Å². The first-order valence-corrected chi connectivity index (χ1v) is 7.68. The van der Waals surface area contributed by atoms with Crippen LogP contribution in [0.15, 0.2) is 18.2 Å². The lowest BCUT2D eigenvalue weighted by Crippen LogP contribution is -2.51. The third-order valence-corrected chi connectivity index (χ3v) is 5.44. The minimum absolute atomic E-state index is 0.0431. The van der Waals surface area contributed by atoms with Crippen LogP contribution in [0.3, 0.4) is 0 Å². The van der Waals surface area contributed by atoms with Crippen LogP contribution in [0.5, 0.6) is 11.5 Å². The van der Waals surface area contributed by atoms with E-state index in [0.717, 1.165) is 29.9 Å². The summed E-state index contributed by atoms with van der Waals surface area (Å²) < 4.78 is 11.8. The molecule has 1 aliphatic heterocycles. The lowest BCUT2D eigenvalue weighted by molar-refractivity contribution is -0.0614. The summed E-state index contributed by atoms with van der Waals surface area (Å²) in [7, 11) is 1.68. The van der Waals surface area contributed by atoms with E-state index in [1.807, 2.05) is 18.2 Å². The molecule has 1 saturated carbocycles. The molecule has 0 aromatic heterocycles. The van der Waals surface area contributed by atoms with Gasteiger partial charge in [-0.05, 0) is 42.9 Å². The van der Waals surface area contributed by atoms with Gasteiger partial charge >= 0.3 is 0 Å². The van der Waals surface area contributed by atoms with E-state index in [9.17, 15) is 0 Å². The number of hydrogen-bond acceptors (Lipinski definition) is 3. The van der Waals surface area contributed by atoms with Crippen molar-refractivity contribution in [1.29, 1.82) is 0 Å². The quantitative estimate of drug-likeness (QED) is 0.850. The Bertz CT molecular complexity index is 502. The Morgan fingerprint density at radius 3 is 2.90 bits per heavy atom. The summed E-state index contributed by atoms with van der Waals surface area (Å²) in [4.78, 5) is 0. The van der Waals surface area contributed by atoms with Gasteiger partial charge in [-0.3, -0.25) is 0 Å². The van der Waals surface area contributed by atoms with E-state index in [0.29, 0.717) is 11.8 Å². The summed E-state index contributed by atoms with van der Waals surface area (Å²) in [6.45, 7) is 4.66. The molecule has 0 amide bonds. The Hall–Kier alpha value is -1.22. The molecular weight excluding hydrogens is 250 g/mol. The van der Waals surface area contributed by atoms with Gasteiger partial charge in [-0.25, -0.2) is 0 Å². The van der Waals surface area contributed by atoms with Gasteiger partial charge in [-0.1, -0.05) is 20.3 Å². The molecule has 0 radical (unpaired) electrons. The normalized spacial score (nSPS) is 36.3. The predicted octanol–water partition coefficient (Wildman–Crippen LogP) is 3.67. The lowest BCUT2D eigenvalue weighted by atomic mass is 9.66. The number of hydrogen-bond donors (Lipinski definition) is 1. The molecule has 2 N–H and O–H groups in total. The summed E-state index contributed by atoms with van der Waals surface area (Å²) in [5, 5.41) is 0. The van der Waals surface area contributed by atoms with E-state index < -0.39 is 0 Å². The Balaban J connectivity index is 1.96.